The van der Waals surface area contributed by atoms with Gasteiger partial charge in [0.15, 0.2) is 0 Å². The minimum Gasteiger partial charge on any atom is -0.348 e. The lowest BCUT2D eigenvalue weighted by atomic mass is 10.4. The molecule has 1 aromatic carbocycles. The fraction of sp³-hybridized carbons (Fsp3) is 0.308. The quantitative estimate of drug-likeness (QED) is 0.799. The number of aromatic nitrogens is 2. The van der Waals surface area contributed by atoms with E-state index >= 15 is 0 Å². The van der Waals surface area contributed by atoms with Gasteiger partial charge in [0.05, 0.1) is 6.54 Å². The Kier molecular flexibility index (Phi) is 5.28. The van der Waals surface area contributed by atoms with Gasteiger partial charge >= 0.3 is 0 Å². The van der Waals surface area contributed by atoms with Gasteiger partial charge in [0.1, 0.15) is 5.82 Å². The molecule has 0 aliphatic heterocycles. The lowest BCUT2D eigenvalue weighted by Gasteiger charge is -2.11. The van der Waals surface area contributed by atoms with Gasteiger partial charge < -0.3 is 10.3 Å². The smallest absolute Gasteiger partial charge is 0.120 e. The molecule has 3 nitrogen and oxygen atoms in total. The molecule has 0 saturated carbocycles. The summed E-state index contributed by atoms with van der Waals surface area (Å²) in [7, 11) is 0. The third kappa shape index (κ3) is 4.48. The molecule has 1 aromatic heterocycles. The number of hydrogen-bond acceptors (Lipinski definition) is 3. The molecular formula is C13H16BrN3S. The summed E-state index contributed by atoms with van der Waals surface area (Å²) in [6, 6.07) is 8.42. The van der Waals surface area contributed by atoms with Gasteiger partial charge in [-0.15, -0.1) is 11.8 Å². The summed E-state index contributed by atoms with van der Waals surface area (Å²) in [5, 5.41) is 3.92. The Hall–Kier alpha value is -0.780. The lowest BCUT2D eigenvalue weighted by molar-refractivity contribution is 0.662. The summed E-state index contributed by atoms with van der Waals surface area (Å²) in [6.07, 6.45) is 3.62. The number of rotatable bonds is 6. The molecule has 0 fully saturated rings. The summed E-state index contributed by atoms with van der Waals surface area (Å²) in [4.78, 5) is 8.55. The zero-order valence-corrected chi connectivity index (χ0v) is 12.6. The van der Waals surface area contributed by atoms with E-state index in [1.54, 1.807) is 6.20 Å². The van der Waals surface area contributed by atoms with Gasteiger partial charge in [-0.25, -0.2) is 4.98 Å². The molecule has 2 aromatic rings. The molecule has 96 valence electrons. The maximum absolute atomic E-state index is 4.18. The second-order valence-electron chi connectivity index (χ2n) is 4.05. The van der Waals surface area contributed by atoms with Crippen LogP contribution in [0.25, 0.3) is 0 Å². The average molecular weight is 326 g/mol. The third-order valence-electron chi connectivity index (χ3n) is 2.43. The third-order valence-corrected chi connectivity index (χ3v) is 4.07. The number of imidazole rings is 1. The fourth-order valence-electron chi connectivity index (χ4n) is 1.58. The van der Waals surface area contributed by atoms with Gasteiger partial charge in [0, 0.05) is 33.6 Å². The highest BCUT2D eigenvalue weighted by Gasteiger charge is 2.04. The van der Waals surface area contributed by atoms with Crippen molar-refractivity contribution in [2.24, 2.45) is 0 Å². The zero-order valence-electron chi connectivity index (χ0n) is 10.2. The molecule has 0 bridgehead atoms. The van der Waals surface area contributed by atoms with E-state index in [4.69, 9.17) is 0 Å². The zero-order chi connectivity index (χ0) is 12.8. The van der Waals surface area contributed by atoms with E-state index < -0.39 is 0 Å². The van der Waals surface area contributed by atoms with Crippen LogP contribution in [0.5, 0.6) is 0 Å². The van der Waals surface area contributed by atoms with Crippen LogP contribution in [0.3, 0.4) is 0 Å². The van der Waals surface area contributed by atoms with Crippen molar-refractivity contribution in [3.63, 3.8) is 0 Å². The molecule has 1 unspecified atom stereocenters. The molecule has 18 heavy (non-hydrogen) atoms. The maximum atomic E-state index is 4.18. The van der Waals surface area contributed by atoms with Crippen molar-refractivity contribution < 1.29 is 0 Å². The average Bonchev–Trinajstić information content (AvgIpc) is 2.85. The van der Waals surface area contributed by atoms with Crippen LogP contribution in [0, 0.1) is 0 Å². The molecule has 0 saturated heterocycles. The molecule has 5 heteroatoms. The first-order valence-electron chi connectivity index (χ1n) is 5.85. The minimum atomic E-state index is 0.529. The van der Waals surface area contributed by atoms with E-state index in [2.05, 4.69) is 62.4 Å². The summed E-state index contributed by atoms with van der Waals surface area (Å²) in [5.41, 5.74) is 0. The van der Waals surface area contributed by atoms with Crippen molar-refractivity contribution >= 4 is 27.7 Å². The monoisotopic (exact) mass is 325 g/mol. The van der Waals surface area contributed by atoms with Crippen LogP contribution in [0.2, 0.25) is 0 Å². The van der Waals surface area contributed by atoms with Gasteiger partial charge in [-0.2, -0.15) is 0 Å². The van der Waals surface area contributed by atoms with E-state index in [9.17, 15) is 0 Å². The van der Waals surface area contributed by atoms with Gasteiger partial charge in [0.25, 0.3) is 0 Å². The maximum Gasteiger partial charge on any atom is 0.120 e. The molecular weight excluding hydrogens is 310 g/mol. The Bertz CT molecular complexity index is 456. The van der Waals surface area contributed by atoms with Crippen LogP contribution in [-0.4, -0.2) is 21.8 Å². The number of thioether (sulfide) groups is 1. The minimum absolute atomic E-state index is 0.529. The first-order chi connectivity index (χ1) is 8.74. The molecule has 2 N–H and O–H groups in total. The van der Waals surface area contributed by atoms with Crippen molar-refractivity contribution in [2.75, 3.05) is 6.54 Å². The molecule has 0 aliphatic rings. The highest BCUT2D eigenvalue weighted by molar-refractivity contribution is 9.10. The highest BCUT2D eigenvalue weighted by Crippen LogP contribution is 2.24. The number of nitrogens with zero attached hydrogens (tertiary/aromatic N) is 1. The number of halogens is 1. The first-order valence-corrected chi connectivity index (χ1v) is 7.52. The topological polar surface area (TPSA) is 40.7 Å². The van der Waals surface area contributed by atoms with E-state index in [0.29, 0.717) is 5.25 Å². The number of H-pyrrole nitrogens is 1. The van der Waals surface area contributed by atoms with Crippen molar-refractivity contribution in [3.05, 3.63) is 47.0 Å². The van der Waals surface area contributed by atoms with Crippen molar-refractivity contribution in [3.8, 4) is 0 Å². The number of hydrogen-bond donors (Lipinski definition) is 2. The summed E-state index contributed by atoms with van der Waals surface area (Å²) < 4.78 is 1.12. The summed E-state index contributed by atoms with van der Waals surface area (Å²) >= 11 is 5.32. The van der Waals surface area contributed by atoms with Crippen LogP contribution in [0.4, 0.5) is 0 Å². The largest absolute Gasteiger partial charge is 0.348 e. The van der Waals surface area contributed by atoms with Gasteiger partial charge in [-0.05, 0) is 24.3 Å². The first kappa shape index (κ1) is 13.6. The van der Waals surface area contributed by atoms with Crippen LogP contribution >= 0.6 is 27.7 Å². The lowest BCUT2D eigenvalue weighted by Crippen LogP contribution is -2.22. The van der Waals surface area contributed by atoms with E-state index in [1.807, 2.05) is 18.0 Å². The van der Waals surface area contributed by atoms with Crippen LogP contribution in [-0.2, 0) is 6.54 Å². The SMILES string of the molecule is CC(CNCc1ncc[nH]1)Sc1ccc(Br)cc1. The Labute approximate surface area is 120 Å². The molecule has 0 amide bonds. The molecule has 2 rings (SSSR count). The number of nitrogens with one attached hydrogen (secondary N) is 2. The number of benzene rings is 1. The molecule has 1 atom stereocenters. The van der Waals surface area contributed by atoms with Crippen LogP contribution in [0.1, 0.15) is 12.7 Å². The second kappa shape index (κ2) is 6.97. The normalized spacial score (nSPS) is 12.6. The van der Waals surface area contributed by atoms with E-state index in [0.717, 1.165) is 23.4 Å². The van der Waals surface area contributed by atoms with Crippen LogP contribution in [0.15, 0.2) is 46.0 Å². The molecule has 0 radical (unpaired) electrons. The van der Waals surface area contributed by atoms with Gasteiger partial charge in [-0.3, -0.25) is 0 Å². The Morgan fingerprint density at radius 2 is 2.17 bits per heavy atom. The van der Waals surface area contributed by atoms with Crippen molar-refractivity contribution in [2.45, 2.75) is 23.6 Å². The molecule has 0 aliphatic carbocycles. The van der Waals surface area contributed by atoms with Gasteiger partial charge in [-0.1, -0.05) is 22.9 Å². The Balaban J connectivity index is 1.71. The number of aromatic amines is 1. The summed E-state index contributed by atoms with van der Waals surface area (Å²) in [6.45, 7) is 3.97. The van der Waals surface area contributed by atoms with E-state index in [-0.39, 0.29) is 0 Å². The van der Waals surface area contributed by atoms with Gasteiger partial charge in [0.2, 0.25) is 0 Å². The molecule has 1 heterocycles. The van der Waals surface area contributed by atoms with Crippen LogP contribution < -0.4 is 5.32 Å². The van der Waals surface area contributed by atoms with E-state index in [1.165, 1.54) is 4.90 Å². The predicted octanol–water partition coefficient (Wildman–Crippen LogP) is 3.44. The van der Waals surface area contributed by atoms with Crippen molar-refractivity contribution in [1.29, 1.82) is 0 Å². The second-order valence-corrected chi connectivity index (χ2v) is 6.48. The standard InChI is InChI=1S/C13H16BrN3S/c1-10(8-15-9-13-16-6-7-17-13)18-12-4-2-11(14)3-5-12/h2-7,10,15H,8-9H2,1H3,(H,16,17). The molecule has 0 spiro atoms. The Morgan fingerprint density at radius 1 is 1.39 bits per heavy atom. The summed E-state index contributed by atoms with van der Waals surface area (Å²) in [5.74, 6) is 0.982. The Morgan fingerprint density at radius 3 is 2.83 bits per heavy atom. The van der Waals surface area contributed by atoms with Crippen molar-refractivity contribution in [1.82, 2.24) is 15.3 Å². The predicted molar refractivity (Wildman–Crippen MR) is 79.8 cm³/mol. The highest BCUT2D eigenvalue weighted by atomic mass is 79.9. The fourth-order valence-corrected chi connectivity index (χ4v) is 2.80.